The van der Waals surface area contributed by atoms with Crippen LogP contribution < -0.4 is 15.0 Å². The first-order chi connectivity index (χ1) is 16.6. The van der Waals surface area contributed by atoms with Crippen molar-refractivity contribution in [3.8, 4) is 11.5 Å². The molecule has 3 aromatic heterocycles. The van der Waals surface area contributed by atoms with Crippen LogP contribution in [0.5, 0.6) is 11.5 Å². The molecule has 0 amide bonds. The summed E-state index contributed by atoms with van der Waals surface area (Å²) in [5, 5.41) is 10.9. The van der Waals surface area contributed by atoms with E-state index in [0.717, 1.165) is 34.1 Å². The summed E-state index contributed by atoms with van der Waals surface area (Å²) in [6.45, 7) is 5.13. The summed E-state index contributed by atoms with van der Waals surface area (Å²) in [7, 11) is 1.77. The Bertz CT molecular complexity index is 1500. The highest BCUT2D eigenvalue weighted by atomic mass is 32.1. The van der Waals surface area contributed by atoms with Crippen LogP contribution in [0.3, 0.4) is 0 Å². The van der Waals surface area contributed by atoms with Crippen molar-refractivity contribution in [3.05, 3.63) is 50.9 Å². The van der Waals surface area contributed by atoms with Crippen molar-refractivity contribution in [2.75, 3.05) is 19.8 Å². The molecular weight excluding hydrogens is 450 g/mol. The van der Waals surface area contributed by atoms with Gasteiger partial charge in [0.25, 0.3) is 5.56 Å². The van der Waals surface area contributed by atoms with Gasteiger partial charge in [0.2, 0.25) is 5.78 Å². The van der Waals surface area contributed by atoms with E-state index in [9.17, 15) is 4.79 Å². The molecule has 3 aliphatic rings. The molecule has 1 unspecified atom stereocenters. The second kappa shape index (κ2) is 7.29. The predicted octanol–water partition coefficient (Wildman–Crippen LogP) is 3.80. The number of aromatic nitrogens is 4. The number of hydrogen-bond donors (Lipinski definition) is 0. The third-order valence-corrected chi connectivity index (χ3v) is 8.98. The molecule has 0 bridgehead atoms. The molecule has 2 aliphatic heterocycles. The molecule has 1 aliphatic carbocycles. The smallest absolute Gasteiger partial charge is 0.272 e. The largest absolute Gasteiger partial charge is 0.486 e. The third-order valence-electron chi connectivity index (χ3n) is 8.09. The molecule has 1 spiro atoms. The van der Waals surface area contributed by atoms with Gasteiger partial charge in [-0.05, 0) is 54.5 Å². The van der Waals surface area contributed by atoms with E-state index in [4.69, 9.17) is 9.47 Å². The molecule has 0 saturated heterocycles. The Kier molecular flexibility index (Phi) is 4.39. The van der Waals surface area contributed by atoms with Gasteiger partial charge in [0.15, 0.2) is 17.3 Å². The Hall–Kier alpha value is -2.91. The lowest BCUT2D eigenvalue weighted by atomic mass is 9.71. The highest BCUT2D eigenvalue weighted by molar-refractivity contribution is 7.17. The molecule has 0 radical (unpaired) electrons. The monoisotopic (exact) mass is 477 g/mol. The van der Waals surface area contributed by atoms with Crippen LogP contribution in [0, 0.1) is 0 Å². The van der Waals surface area contributed by atoms with Gasteiger partial charge < -0.3 is 9.47 Å². The topological polar surface area (TPSA) is 73.9 Å². The first-order valence-corrected chi connectivity index (χ1v) is 12.9. The number of aryl methyl sites for hydroxylation is 1. The Balaban J connectivity index is 1.35. The summed E-state index contributed by atoms with van der Waals surface area (Å²) in [5.74, 6) is 3.21. The fourth-order valence-corrected chi connectivity index (χ4v) is 7.18. The van der Waals surface area contributed by atoms with Crippen molar-refractivity contribution in [3.63, 3.8) is 0 Å². The summed E-state index contributed by atoms with van der Waals surface area (Å²) >= 11 is 1.47. The second-order valence-corrected chi connectivity index (χ2v) is 10.8. The highest BCUT2D eigenvalue weighted by Gasteiger charge is 2.45. The van der Waals surface area contributed by atoms with Crippen molar-refractivity contribution in [2.24, 2.45) is 7.05 Å². The summed E-state index contributed by atoms with van der Waals surface area (Å²) in [6, 6.07) is 6.68. The lowest BCUT2D eigenvalue weighted by Gasteiger charge is -2.46. The van der Waals surface area contributed by atoms with Crippen molar-refractivity contribution in [2.45, 2.75) is 50.6 Å². The van der Waals surface area contributed by atoms with Crippen LogP contribution >= 0.6 is 11.3 Å². The van der Waals surface area contributed by atoms with Crippen LogP contribution in [0.25, 0.3) is 16.0 Å². The van der Waals surface area contributed by atoms with Crippen molar-refractivity contribution in [1.29, 1.82) is 0 Å². The number of rotatable bonds is 2. The Morgan fingerprint density at radius 2 is 1.91 bits per heavy atom. The quantitative estimate of drug-likeness (QED) is 0.437. The van der Waals surface area contributed by atoms with Gasteiger partial charge in [0.1, 0.15) is 17.9 Å². The van der Waals surface area contributed by atoms with Crippen molar-refractivity contribution < 1.29 is 9.47 Å². The Morgan fingerprint density at radius 1 is 1.15 bits per heavy atom. The van der Waals surface area contributed by atoms with Gasteiger partial charge in [0.05, 0.1) is 12.1 Å². The Morgan fingerprint density at radius 3 is 2.71 bits per heavy atom. The predicted molar refractivity (Wildman–Crippen MR) is 130 cm³/mol. The third kappa shape index (κ3) is 2.77. The zero-order valence-electron chi connectivity index (χ0n) is 19.4. The number of nitrogens with zero attached hydrogens (tertiary/aromatic N) is 5. The van der Waals surface area contributed by atoms with Crippen molar-refractivity contribution in [1.82, 2.24) is 24.1 Å². The zero-order valence-corrected chi connectivity index (χ0v) is 20.2. The molecule has 34 heavy (non-hydrogen) atoms. The maximum absolute atomic E-state index is 12.7. The number of ether oxygens (including phenoxy) is 2. The van der Waals surface area contributed by atoms with Gasteiger partial charge in [-0.25, -0.2) is 0 Å². The van der Waals surface area contributed by atoms with E-state index in [2.05, 4.69) is 38.6 Å². The first kappa shape index (κ1) is 20.5. The molecule has 1 fully saturated rings. The summed E-state index contributed by atoms with van der Waals surface area (Å²) in [4.78, 5) is 15.3. The summed E-state index contributed by atoms with van der Waals surface area (Å²) < 4.78 is 16.3. The molecule has 9 heteroatoms. The maximum Gasteiger partial charge on any atom is 0.272 e. The highest BCUT2D eigenvalue weighted by Crippen LogP contribution is 2.52. The molecular formula is C25H27N5O3S. The van der Waals surface area contributed by atoms with E-state index in [1.54, 1.807) is 11.6 Å². The van der Waals surface area contributed by atoms with E-state index in [1.807, 2.05) is 11.4 Å². The zero-order chi connectivity index (χ0) is 23.0. The molecule has 4 aromatic rings. The van der Waals surface area contributed by atoms with Gasteiger partial charge in [-0.1, -0.05) is 12.8 Å². The lowest BCUT2D eigenvalue weighted by Crippen LogP contribution is -2.46. The van der Waals surface area contributed by atoms with E-state index >= 15 is 0 Å². The van der Waals surface area contributed by atoms with Crippen LogP contribution in [0.15, 0.2) is 28.4 Å². The number of hydrogen-bond acceptors (Lipinski definition) is 7. The molecule has 5 heterocycles. The fraction of sp³-hybridized carbons (Fsp3) is 0.480. The van der Waals surface area contributed by atoms with E-state index in [-0.39, 0.29) is 17.0 Å². The average molecular weight is 478 g/mol. The molecule has 1 atom stereocenters. The minimum Gasteiger partial charge on any atom is -0.486 e. The average Bonchev–Trinajstić information content (AvgIpc) is 3.60. The normalized spacial score (nSPS) is 21.5. The summed E-state index contributed by atoms with van der Waals surface area (Å²) in [6.07, 6.45) is 4.88. The molecule has 176 valence electrons. The number of benzene rings is 1. The van der Waals surface area contributed by atoms with Crippen LogP contribution in [-0.4, -0.2) is 43.8 Å². The van der Waals surface area contributed by atoms with Crippen LogP contribution in [0.1, 0.15) is 55.6 Å². The van der Waals surface area contributed by atoms with Crippen molar-refractivity contribution >= 4 is 27.3 Å². The van der Waals surface area contributed by atoms with Gasteiger partial charge in [-0.2, -0.15) is 0 Å². The molecule has 0 N–H and O–H groups in total. The SMILES string of the molecule is CC1c2cc3c(cc2C2(CCCC2)CN1Cc1nnc2n(C)c(=O)c4sccc4n12)OCCO3. The lowest BCUT2D eigenvalue weighted by molar-refractivity contribution is 0.122. The van der Waals surface area contributed by atoms with Crippen LogP contribution in [-0.2, 0) is 19.0 Å². The molecule has 1 saturated carbocycles. The van der Waals surface area contributed by atoms with Gasteiger partial charge >= 0.3 is 0 Å². The number of fused-ring (bicyclic) bond motifs is 6. The second-order valence-electron chi connectivity index (χ2n) is 9.90. The van der Waals surface area contributed by atoms with Crippen LogP contribution in [0.2, 0.25) is 0 Å². The molecule has 7 rings (SSSR count). The molecule has 1 aromatic carbocycles. The van der Waals surface area contributed by atoms with E-state index in [0.29, 0.717) is 25.5 Å². The maximum atomic E-state index is 12.7. The van der Waals surface area contributed by atoms with Crippen LogP contribution in [0.4, 0.5) is 0 Å². The standard InChI is InChI=1S/C25H27N5O3S/c1-15-16-11-19-20(33-9-8-32-19)12-17(16)25(6-3-4-7-25)14-29(15)13-21-26-27-24-28(2)23(31)22-18(30(21)24)5-10-34-22/h5,10-12,15H,3-4,6-9,13-14H2,1-2H3. The van der Waals surface area contributed by atoms with E-state index < -0.39 is 0 Å². The minimum atomic E-state index is -0.0198. The Labute approximate surface area is 200 Å². The summed E-state index contributed by atoms with van der Waals surface area (Å²) in [5.41, 5.74) is 3.77. The van der Waals surface area contributed by atoms with E-state index in [1.165, 1.54) is 48.1 Å². The number of thiophene rings is 1. The first-order valence-electron chi connectivity index (χ1n) is 12.0. The van der Waals surface area contributed by atoms with Gasteiger partial charge in [0, 0.05) is 25.0 Å². The fourth-order valence-electron chi connectivity index (χ4n) is 6.33. The molecule has 8 nitrogen and oxygen atoms in total. The minimum absolute atomic E-state index is 0.0198. The van der Waals surface area contributed by atoms with Gasteiger partial charge in [-0.15, -0.1) is 21.5 Å². The van der Waals surface area contributed by atoms with Gasteiger partial charge in [-0.3, -0.25) is 18.7 Å².